The van der Waals surface area contributed by atoms with Crippen molar-refractivity contribution in [1.82, 2.24) is 4.90 Å². The molecule has 1 heterocycles. The minimum absolute atomic E-state index is 0.688. The third-order valence-corrected chi connectivity index (χ3v) is 2.75. The number of ether oxygens (including phenoxy) is 3. The fourth-order valence-electron chi connectivity index (χ4n) is 1.75. The predicted molar refractivity (Wildman–Crippen MR) is 64.6 cm³/mol. The summed E-state index contributed by atoms with van der Waals surface area (Å²) < 4.78 is 16.0. The molecule has 0 aromatic heterocycles. The van der Waals surface area contributed by atoms with E-state index in [1.165, 1.54) is 0 Å². The maximum atomic E-state index is 5.67. The van der Waals surface area contributed by atoms with Gasteiger partial charge in [-0.15, -0.1) is 0 Å². The van der Waals surface area contributed by atoms with Gasteiger partial charge in [-0.1, -0.05) is 0 Å². The van der Waals surface area contributed by atoms with E-state index in [0.29, 0.717) is 12.4 Å². The van der Waals surface area contributed by atoms with Crippen LogP contribution in [0.3, 0.4) is 0 Å². The van der Waals surface area contributed by atoms with Crippen LogP contribution in [0.4, 0.5) is 0 Å². The zero-order valence-electron chi connectivity index (χ0n) is 10.1. The molecule has 1 radical (unpaired) electrons. The molecule has 93 valence electrons. The molecule has 0 saturated carbocycles. The van der Waals surface area contributed by atoms with E-state index in [2.05, 4.69) is 11.0 Å². The smallest absolute Gasteiger partial charge is 0.130 e. The fraction of sp³-hybridized carbons (Fsp3) is 0.538. The monoisotopic (exact) mass is 236 g/mol. The molecule has 1 fully saturated rings. The highest BCUT2D eigenvalue weighted by Gasteiger charge is 2.09. The highest BCUT2D eigenvalue weighted by Crippen LogP contribution is 2.18. The summed E-state index contributed by atoms with van der Waals surface area (Å²) in [6.07, 6.45) is 0. The molecule has 17 heavy (non-hydrogen) atoms. The summed E-state index contributed by atoms with van der Waals surface area (Å²) in [6, 6.07) is 8.51. The van der Waals surface area contributed by atoms with E-state index in [0.717, 1.165) is 38.6 Å². The lowest BCUT2D eigenvalue weighted by molar-refractivity contribution is 0.0322. The van der Waals surface area contributed by atoms with Crippen LogP contribution in [0.5, 0.6) is 11.5 Å². The van der Waals surface area contributed by atoms with Crippen molar-refractivity contribution in [2.24, 2.45) is 0 Å². The Bertz CT molecular complexity index is 337. The Morgan fingerprint density at radius 3 is 3.00 bits per heavy atom. The Hall–Kier alpha value is -1.26. The lowest BCUT2D eigenvalue weighted by Crippen LogP contribution is -2.38. The van der Waals surface area contributed by atoms with Gasteiger partial charge in [0.1, 0.15) is 18.1 Å². The number of nitrogens with zero attached hydrogens (tertiary/aromatic N) is 1. The van der Waals surface area contributed by atoms with Gasteiger partial charge in [0.15, 0.2) is 0 Å². The van der Waals surface area contributed by atoms with Crippen LogP contribution in [0.15, 0.2) is 18.2 Å². The van der Waals surface area contributed by atoms with E-state index in [9.17, 15) is 0 Å². The second-order valence-electron chi connectivity index (χ2n) is 3.90. The summed E-state index contributed by atoms with van der Waals surface area (Å²) in [5.41, 5.74) is 0. The molecule has 4 heteroatoms. The Balaban J connectivity index is 1.73. The summed E-state index contributed by atoms with van der Waals surface area (Å²) in [7, 11) is 1.63. The van der Waals surface area contributed by atoms with Gasteiger partial charge >= 0.3 is 0 Å². The van der Waals surface area contributed by atoms with Crippen LogP contribution < -0.4 is 9.47 Å². The van der Waals surface area contributed by atoms with Crippen molar-refractivity contribution in [3.63, 3.8) is 0 Å². The van der Waals surface area contributed by atoms with E-state index in [4.69, 9.17) is 14.2 Å². The molecule has 2 rings (SSSR count). The van der Waals surface area contributed by atoms with Gasteiger partial charge in [-0.25, -0.2) is 0 Å². The molecule has 0 aliphatic carbocycles. The third kappa shape index (κ3) is 3.91. The maximum absolute atomic E-state index is 5.67. The first-order valence-corrected chi connectivity index (χ1v) is 5.87. The summed E-state index contributed by atoms with van der Waals surface area (Å²) in [6.45, 7) is 5.27. The van der Waals surface area contributed by atoms with Crippen molar-refractivity contribution < 1.29 is 14.2 Å². The average Bonchev–Trinajstić information content (AvgIpc) is 2.40. The van der Waals surface area contributed by atoms with E-state index in [1.807, 2.05) is 18.2 Å². The Kier molecular flexibility index (Phi) is 4.64. The van der Waals surface area contributed by atoms with Crippen LogP contribution in [0, 0.1) is 6.07 Å². The zero-order valence-corrected chi connectivity index (χ0v) is 10.1. The second-order valence-corrected chi connectivity index (χ2v) is 3.90. The molecule has 1 aromatic rings. The summed E-state index contributed by atoms with van der Waals surface area (Å²) in [5, 5.41) is 0. The van der Waals surface area contributed by atoms with Gasteiger partial charge in [0.2, 0.25) is 0 Å². The van der Waals surface area contributed by atoms with Gasteiger partial charge in [-0.3, -0.25) is 4.90 Å². The lowest BCUT2D eigenvalue weighted by Gasteiger charge is -2.26. The molecule has 4 nitrogen and oxygen atoms in total. The fourth-order valence-corrected chi connectivity index (χ4v) is 1.75. The van der Waals surface area contributed by atoms with Gasteiger partial charge in [0.05, 0.1) is 20.3 Å². The lowest BCUT2D eigenvalue weighted by atomic mass is 10.3. The molecule has 0 spiro atoms. The van der Waals surface area contributed by atoms with E-state index < -0.39 is 0 Å². The summed E-state index contributed by atoms with van der Waals surface area (Å²) in [5.74, 6) is 1.53. The quantitative estimate of drug-likeness (QED) is 0.769. The molecule has 0 atom stereocenters. The van der Waals surface area contributed by atoms with Crippen molar-refractivity contribution >= 4 is 0 Å². The summed E-state index contributed by atoms with van der Waals surface area (Å²) in [4.78, 5) is 2.34. The molecular weight excluding hydrogens is 218 g/mol. The zero-order chi connectivity index (χ0) is 11.9. The van der Waals surface area contributed by atoms with E-state index >= 15 is 0 Å². The van der Waals surface area contributed by atoms with Gasteiger partial charge in [0, 0.05) is 31.8 Å². The van der Waals surface area contributed by atoms with Crippen LogP contribution in [0.25, 0.3) is 0 Å². The molecular formula is C13H18NO3. The standard InChI is InChI=1S/C13H18NO3/c1-15-12-3-2-4-13(11-12)17-10-7-14-5-8-16-9-6-14/h2,4,11H,5-10H2,1H3. The topological polar surface area (TPSA) is 30.9 Å². The number of hydrogen-bond donors (Lipinski definition) is 0. The molecule has 0 bridgehead atoms. The van der Waals surface area contributed by atoms with Crippen molar-refractivity contribution in [2.45, 2.75) is 0 Å². The molecule has 0 amide bonds. The number of benzene rings is 1. The van der Waals surface area contributed by atoms with Crippen molar-refractivity contribution in [3.8, 4) is 11.5 Å². The molecule has 1 saturated heterocycles. The van der Waals surface area contributed by atoms with Crippen LogP contribution in [-0.2, 0) is 4.74 Å². The Morgan fingerprint density at radius 1 is 1.41 bits per heavy atom. The minimum atomic E-state index is 0.688. The first kappa shape index (κ1) is 12.2. The molecule has 1 aliphatic heterocycles. The number of morpholine rings is 1. The van der Waals surface area contributed by atoms with Gasteiger partial charge < -0.3 is 14.2 Å². The summed E-state index contributed by atoms with van der Waals surface area (Å²) >= 11 is 0. The average molecular weight is 236 g/mol. The molecule has 0 unspecified atom stereocenters. The molecule has 0 N–H and O–H groups in total. The van der Waals surface area contributed by atoms with Crippen molar-refractivity contribution in [3.05, 3.63) is 24.3 Å². The second kappa shape index (κ2) is 6.47. The minimum Gasteiger partial charge on any atom is -0.496 e. The van der Waals surface area contributed by atoms with Gasteiger partial charge in [-0.05, 0) is 12.1 Å². The van der Waals surface area contributed by atoms with Crippen molar-refractivity contribution in [1.29, 1.82) is 0 Å². The van der Waals surface area contributed by atoms with Gasteiger partial charge in [0.25, 0.3) is 0 Å². The van der Waals surface area contributed by atoms with Crippen LogP contribution in [-0.4, -0.2) is 51.5 Å². The highest BCUT2D eigenvalue weighted by molar-refractivity contribution is 5.31. The first-order valence-electron chi connectivity index (χ1n) is 5.87. The number of hydrogen-bond acceptors (Lipinski definition) is 4. The molecule has 1 aliphatic rings. The van der Waals surface area contributed by atoms with Crippen LogP contribution in [0.1, 0.15) is 0 Å². The van der Waals surface area contributed by atoms with E-state index in [-0.39, 0.29) is 0 Å². The third-order valence-electron chi connectivity index (χ3n) is 2.75. The largest absolute Gasteiger partial charge is 0.496 e. The molecule has 1 aromatic carbocycles. The van der Waals surface area contributed by atoms with Crippen molar-refractivity contribution in [2.75, 3.05) is 46.6 Å². The maximum Gasteiger partial charge on any atom is 0.130 e. The van der Waals surface area contributed by atoms with Crippen LogP contribution >= 0.6 is 0 Å². The Labute approximate surface area is 102 Å². The number of rotatable bonds is 5. The number of methoxy groups -OCH3 is 1. The van der Waals surface area contributed by atoms with Crippen LogP contribution in [0.2, 0.25) is 0 Å². The van der Waals surface area contributed by atoms with Gasteiger partial charge in [-0.2, -0.15) is 0 Å². The SMILES string of the molecule is COc1[c]ccc(OCCN2CCOCC2)c1. The predicted octanol–water partition coefficient (Wildman–Crippen LogP) is 1.21. The first-order chi connectivity index (χ1) is 8.38. The normalized spacial score (nSPS) is 16.8. The Morgan fingerprint density at radius 2 is 2.24 bits per heavy atom. The van der Waals surface area contributed by atoms with E-state index in [1.54, 1.807) is 7.11 Å². The highest BCUT2D eigenvalue weighted by atomic mass is 16.5.